The highest BCUT2D eigenvalue weighted by molar-refractivity contribution is 9.10. The zero-order valence-electron chi connectivity index (χ0n) is 9.67. The number of benzene rings is 1. The lowest BCUT2D eigenvalue weighted by Gasteiger charge is -2.20. The fourth-order valence-corrected chi connectivity index (χ4v) is 1.88. The Bertz CT molecular complexity index is 443. The molecule has 1 aromatic rings. The van der Waals surface area contributed by atoms with Gasteiger partial charge >= 0.3 is 6.09 Å². The van der Waals surface area contributed by atoms with Gasteiger partial charge in [-0.05, 0) is 32.9 Å². The number of phenolic OH excluding ortho intramolecular Hbond substituents is 1. The predicted molar refractivity (Wildman–Crippen MR) is 70.7 cm³/mol. The molecule has 0 saturated heterocycles. The molecule has 1 rings (SSSR count). The first-order chi connectivity index (χ1) is 7.69. The van der Waals surface area contributed by atoms with Crippen LogP contribution >= 0.6 is 27.5 Å². The summed E-state index contributed by atoms with van der Waals surface area (Å²) in [7, 11) is 0. The minimum Gasteiger partial charge on any atom is -0.504 e. The molecule has 4 nitrogen and oxygen atoms in total. The Morgan fingerprint density at radius 1 is 1.47 bits per heavy atom. The second-order valence-corrected chi connectivity index (χ2v) is 5.73. The molecule has 0 aliphatic carbocycles. The smallest absolute Gasteiger partial charge is 0.412 e. The fourth-order valence-electron chi connectivity index (χ4n) is 1.07. The Morgan fingerprint density at radius 3 is 2.59 bits per heavy atom. The number of amides is 1. The van der Waals surface area contributed by atoms with E-state index < -0.39 is 11.7 Å². The molecule has 0 bridgehead atoms. The third kappa shape index (κ3) is 4.44. The number of hydrogen-bond acceptors (Lipinski definition) is 3. The minimum atomic E-state index is -0.651. The molecule has 1 aromatic carbocycles. The Morgan fingerprint density at radius 2 is 2.06 bits per heavy atom. The number of nitrogens with one attached hydrogen (secondary N) is 1. The van der Waals surface area contributed by atoms with Crippen molar-refractivity contribution in [3.63, 3.8) is 0 Å². The lowest BCUT2D eigenvalue weighted by molar-refractivity contribution is 0.0635. The van der Waals surface area contributed by atoms with Crippen LogP contribution in [0.2, 0.25) is 5.02 Å². The Kier molecular flexibility index (Phi) is 4.27. The average molecular weight is 323 g/mol. The SMILES string of the molecule is CC(C)(C)OC(=O)Nc1cc(Br)cc(Cl)c1O. The highest BCUT2D eigenvalue weighted by Gasteiger charge is 2.18. The summed E-state index contributed by atoms with van der Waals surface area (Å²) < 4.78 is 5.70. The van der Waals surface area contributed by atoms with Crippen molar-refractivity contribution in [2.24, 2.45) is 0 Å². The van der Waals surface area contributed by atoms with Gasteiger partial charge in [-0.3, -0.25) is 5.32 Å². The number of rotatable bonds is 1. The molecule has 0 atom stereocenters. The Balaban J connectivity index is 2.85. The van der Waals surface area contributed by atoms with E-state index >= 15 is 0 Å². The normalized spacial score (nSPS) is 11.1. The van der Waals surface area contributed by atoms with Crippen LogP contribution in [0, 0.1) is 0 Å². The molecule has 0 spiro atoms. The van der Waals surface area contributed by atoms with Gasteiger partial charge < -0.3 is 9.84 Å². The van der Waals surface area contributed by atoms with Crippen LogP contribution in [0.3, 0.4) is 0 Å². The number of hydrogen-bond donors (Lipinski definition) is 2. The Labute approximate surface area is 113 Å². The third-order valence-corrected chi connectivity index (χ3v) is 2.41. The second-order valence-electron chi connectivity index (χ2n) is 4.41. The van der Waals surface area contributed by atoms with Crippen LogP contribution in [0.5, 0.6) is 5.75 Å². The zero-order valence-corrected chi connectivity index (χ0v) is 12.0. The molecule has 94 valence electrons. The molecule has 0 saturated carbocycles. The van der Waals surface area contributed by atoms with Gasteiger partial charge in [0.25, 0.3) is 0 Å². The van der Waals surface area contributed by atoms with Crippen molar-refractivity contribution < 1.29 is 14.6 Å². The summed E-state index contributed by atoms with van der Waals surface area (Å²) in [5.41, 5.74) is -0.409. The maximum Gasteiger partial charge on any atom is 0.412 e. The average Bonchev–Trinajstić information content (AvgIpc) is 2.10. The quantitative estimate of drug-likeness (QED) is 0.763. The summed E-state index contributed by atoms with van der Waals surface area (Å²) in [4.78, 5) is 11.5. The number of halogens is 2. The van der Waals surface area contributed by atoms with Crippen LogP contribution < -0.4 is 5.32 Å². The van der Waals surface area contributed by atoms with Crippen LogP contribution in [0.4, 0.5) is 10.5 Å². The predicted octanol–water partition coefficient (Wildman–Crippen LogP) is 4.16. The molecule has 0 radical (unpaired) electrons. The topological polar surface area (TPSA) is 58.6 Å². The van der Waals surface area contributed by atoms with E-state index in [1.54, 1.807) is 20.8 Å². The first-order valence-corrected chi connectivity index (χ1v) is 6.04. The summed E-state index contributed by atoms with van der Waals surface area (Å²) >= 11 is 8.97. The Hall–Kier alpha value is -0.940. The molecule has 17 heavy (non-hydrogen) atoms. The summed E-state index contributed by atoms with van der Waals surface area (Å²) in [6.07, 6.45) is -0.651. The van der Waals surface area contributed by atoms with Gasteiger partial charge in [-0.1, -0.05) is 27.5 Å². The lowest BCUT2D eigenvalue weighted by atomic mass is 10.2. The van der Waals surface area contributed by atoms with Crippen LogP contribution in [-0.4, -0.2) is 16.8 Å². The fraction of sp³-hybridized carbons (Fsp3) is 0.364. The van der Waals surface area contributed by atoms with Crippen LogP contribution in [0.1, 0.15) is 20.8 Å². The van der Waals surface area contributed by atoms with E-state index in [1.165, 1.54) is 12.1 Å². The molecule has 2 N–H and O–H groups in total. The summed E-state index contributed by atoms with van der Waals surface area (Å²) in [5, 5.41) is 12.2. The van der Waals surface area contributed by atoms with Gasteiger partial charge in [0.15, 0.2) is 5.75 Å². The monoisotopic (exact) mass is 321 g/mol. The molecule has 1 amide bonds. The number of carbonyl (C=O) groups is 1. The van der Waals surface area contributed by atoms with E-state index in [1.807, 2.05) is 0 Å². The number of phenols is 1. The van der Waals surface area contributed by atoms with Crippen molar-refractivity contribution in [2.45, 2.75) is 26.4 Å². The molecular weight excluding hydrogens is 309 g/mol. The van der Waals surface area contributed by atoms with Gasteiger partial charge in [0.05, 0.1) is 10.7 Å². The molecule has 0 heterocycles. The summed E-state index contributed by atoms with van der Waals surface area (Å²) in [6.45, 7) is 5.25. The van der Waals surface area contributed by atoms with E-state index in [2.05, 4.69) is 21.2 Å². The standard InChI is InChI=1S/C11H13BrClNO3/c1-11(2,3)17-10(16)14-8-5-6(12)4-7(13)9(8)15/h4-5,15H,1-3H3,(H,14,16). The molecular formula is C11H13BrClNO3. The highest BCUT2D eigenvalue weighted by Crippen LogP contribution is 2.35. The largest absolute Gasteiger partial charge is 0.504 e. The van der Waals surface area contributed by atoms with Crippen molar-refractivity contribution in [3.8, 4) is 5.75 Å². The van der Waals surface area contributed by atoms with Gasteiger partial charge in [-0.2, -0.15) is 0 Å². The zero-order chi connectivity index (χ0) is 13.2. The molecule has 0 fully saturated rings. The molecule has 0 aliphatic rings. The van der Waals surface area contributed by atoms with E-state index in [-0.39, 0.29) is 16.5 Å². The van der Waals surface area contributed by atoms with E-state index in [9.17, 15) is 9.90 Å². The van der Waals surface area contributed by atoms with Crippen molar-refractivity contribution in [1.82, 2.24) is 0 Å². The third-order valence-electron chi connectivity index (χ3n) is 1.66. The van der Waals surface area contributed by atoms with Gasteiger partial charge in [0, 0.05) is 4.47 Å². The van der Waals surface area contributed by atoms with Crippen molar-refractivity contribution >= 4 is 39.3 Å². The van der Waals surface area contributed by atoms with Crippen molar-refractivity contribution in [1.29, 1.82) is 0 Å². The van der Waals surface area contributed by atoms with Crippen molar-refractivity contribution in [3.05, 3.63) is 21.6 Å². The van der Waals surface area contributed by atoms with Crippen LogP contribution in [0.25, 0.3) is 0 Å². The summed E-state index contributed by atoms with van der Waals surface area (Å²) in [6, 6.07) is 3.06. The maximum absolute atomic E-state index is 11.5. The van der Waals surface area contributed by atoms with Crippen LogP contribution in [0.15, 0.2) is 16.6 Å². The second kappa shape index (κ2) is 5.14. The molecule has 0 aliphatic heterocycles. The van der Waals surface area contributed by atoms with E-state index in [0.29, 0.717) is 4.47 Å². The van der Waals surface area contributed by atoms with Crippen molar-refractivity contribution in [2.75, 3.05) is 5.32 Å². The number of ether oxygens (including phenoxy) is 1. The van der Waals surface area contributed by atoms with Gasteiger partial charge in [0.2, 0.25) is 0 Å². The van der Waals surface area contributed by atoms with Gasteiger partial charge in [-0.25, -0.2) is 4.79 Å². The number of anilines is 1. The highest BCUT2D eigenvalue weighted by atomic mass is 79.9. The first-order valence-electron chi connectivity index (χ1n) is 4.87. The molecule has 6 heteroatoms. The number of aromatic hydroxyl groups is 1. The van der Waals surface area contributed by atoms with Crippen LogP contribution in [-0.2, 0) is 4.74 Å². The number of carbonyl (C=O) groups excluding carboxylic acids is 1. The molecule has 0 unspecified atom stereocenters. The van der Waals surface area contributed by atoms with E-state index in [4.69, 9.17) is 16.3 Å². The minimum absolute atomic E-state index is 0.144. The first kappa shape index (κ1) is 14.1. The van der Waals surface area contributed by atoms with Gasteiger partial charge in [0.1, 0.15) is 5.60 Å². The summed E-state index contributed by atoms with van der Waals surface area (Å²) in [5.74, 6) is -0.194. The van der Waals surface area contributed by atoms with Gasteiger partial charge in [-0.15, -0.1) is 0 Å². The maximum atomic E-state index is 11.5. The lowest BCUT2D eigenvalue weighted by Crippen LogP contribution is -2.27. The van der Waals surface area contributed by atoms with E-state index in [0.717, 1.165) is 0 Å². The molecule has 0 aromatic heterocycles.